The fraction of sp³-hybridized carbons (Fsp3) is 0.571. The molecule has 1 aromatic carbocycles. The van der Waals surface area contributed by atoms with Crippen molar-refractivity contribution < 1.29 is 4.39 Å². The zero-order valence-electron chi connectivity index (χ0n) is 10.2. The Morgan fingerprint density at radius 2 is 2.29 bits per heavy atom. The average Bonchev–Trinajstić information content (AvgIpc) is 2.24. The number of hydrogen-bond donors (Lipinski definition) is 1. The summed E-state index contributed by atoms with van der Waals surface area (Å²) < 4.78 is 13.8. The third kappa shape index (κ3) is 2.99. The quantitative estimate of drug-likeness (QED) is 0.851. The molecule has 1 aromatic rings. The second-order valence-corrected chi connectivity index (χ2v) is 5.86. The average molecular weight is 256 g/mol. The third-order valence-electron chi connectivity index (χ3n) is 3.70. The van der Waals surface area contributed by atoms with Crippen LogP contribution in [0.4, 0.5) is 4.39 Å². The van der Waals surface area contributed by atoms with Gasteiger partial charge in [-0.25, -0.2) is 4.39 Å². The first kappa shape index (κ1) is 12.8. The van der Waals surface area contributed by atoms with Crippen molar-refractivity contribution in [3.63, 3.8) is 0 Å². The van der Waals surface area contributed by atoms with Gasteiger partial charge in [0.05, 0.1) is 5.02 Å². The van der Waals surface area contributed by atoms with E-state index >= 15 is 0 Å². The summed E-state index contributed by atoms with van der Waals surface area (Å²) in [5, 5.41) is 0.190. The highest BCUT2D eigenvalue weighted by atomic mass is 35.5. The lowest BCUT2D eigenvalue weighted by Crippen LogP contribution is -2.46. The summed E-state index contributed by atoms with van der Waals surface area (Å²) in [7, 11) is 0. The van der Waals surface area contributed by atoms with E-state index in [1.165, 1.54) is 6.42 Å². The summed E-state index contributed by atoms with van der Waals surface area (Å²) in [5.74, 6) is 0.327. The molecule has 1 fully saturated rings. The Kier molecular flexibility index (Phi) is 3.74. The SMILES string of the molecule is CC1CCCC(N)(Cc2cccc(Cl)c2F)C1. The number of rotatable bonds is 2. The van der Waals surface area contributed by atoms with Crippen LogP contribution in [0.15, 0.2) is 18.2 Å². The molecule has 94 valence electrons. The molecular formula is C14H19ClFN. The predicted octanol–water partition coefficient (Wildman–Crippen LogP) is 3.93. The van der Waals surface area contributed by atoms with Crippen molar-refractivity contribution in [2.75, 3.05) is 0 Å². The van der Waals surface area contributed by atoms with Gasteiger partial charge in [0, 0.05) is 5.54 Å². The van der Waals surface area contributed by atoms with Crippen LogP contribution in [0.5, 0.6) is 0 Å². The van der Waals surface area contributed by atoms with Gasteiger partial charge < -0.3 is 5.73 Å². The molecule has 1 nitrogen and oxygen atoms in total. The molecular weight excluding hydrogens is 237 g/mol. The van der Waals surface area contributed by atoms with E-state index in [4.69, 9.17) is 17.3 Å². The van der Waals surface area contributed by atoms with E-state index in [2.05, 4.69) is 6.92 Å². The Balaban J connectivity index is 2.17. The molecule has 0 spiro atoms. The van der Waals surface area contributed by atoms with Gasteiger partial charge in [-0.05, 0) is 36.8 Å². The van der Waals surface area contributed by atoms with Crippen molar-refractivity contribution >= 4 is 11.6 Å². The van der Waals surface area contributed by atoms with E-state index in [0.29, 0.717) is 17.9 Å². The van der Waals surface area contributed by atoms with E-state index in [1.54, 1.807) is 18.2 Å². The Morgan fingerprint density at radius 1 is 1.53 bits per heavy atom. The molecule has 0 bridgehead atoms. The van der Waals surface area contributed by atoms with Crippen molar-refractivity contribution in [3.05, 3.63) is 34.6 Å². The van der Waals surface area contributed by atoms with Crippen LogP contribution in [0.2, 0.25) is 5.02 Å². The van der Waals surface area contributed by atoms with Crippen molar-refractivity contribution in [1.29, 1.82) is 0 Å². The molecule has 17 heavy (non-hydrogen) atoms. The van der Waals surface area contributed by atoms with Crippen molar-refractivity contribution in [2.45, 2.75) is 44.6 Å². The van der Waals surface area contributed by atoms with Crippen LogP contribution >= 0.6 is 11.6 Å². The summed E-state index contributed by atoms with van der Waals surface area (Å²) in [6, 6.07) is 5.15. The van der Waals surface area contributed by atoms with Crippen LogP contribution in [0.1, 0.15) is 38.2 Å². The maximum atomic E-state index is 13.8. The second kappa shape index (κ2) is 4.95. The molecule has 1 aliphatic carbocycles. The predicted molar refractivity (Wildman–Crippen MR) is 69.7 cm³/mol. The molecule has 2 rings (SSSR count). The van der Waals surface area contributed by atoms with Gasteiger partial charge in [-0.2, -0.15) is 0 Å². The van der Waals surface area contributed by atoms with E-state index in [-0.39, 0.29) is 16.4 Å². The molecule has 3 heteroatoms. The molecule has 0 heterocycles. The van der Waals surface area contributed by atoms with E-state index in [9.17, 15) is 4.39 Å². The summed E-state index contributed by atoms with van der Waals surface area (Å²) in [5.41, 5.74) is 6.78. The van der Waals surface area contributed by atoms with E-state index in [1.807, 2.05) is 0 Å². The minimum Gasteiger partial charge on any atom is -0.325 e. The zero-order chi connectivity index (χ0) is 12.5. The van der Waals surface area contributed by atoms with Crippen LogP contribution in [0.25, 0.3) is 0 Å². The highest BCUT2D eigenvalue weighted by Crippen LogP contribution is 2.34. The maximum absolute atomic E-state index is 13.8. The van der Waals surface area contributed by atoms with Crippen LogP contribution in [-0.2, 0) is 6.42 Å². The number of nitrogens with two attached hydrogens (primary N) is 1. The molecule has 0 saturated heterocycles. The van der Waals surface area contributed by atoms with Crippen molar-refractivity contribution in [3.8, 4) is 0 Å². The summed E-state index contributed by atoms with van der Waals surface area (Å²) in [6.07, 6.45) is 4.91. The Hall–Kier alpha value is -0.600. The molecule has 0 radical (unpaired) electrons. The van der Waals surface area contributed by atoms with E-state index in [0.717, 1.165) is 19.3 Å². The Bertz CT molecular complexity index is 407. The second-order valence-electron chi connectivity index (χ2n) is 5.45. The van der Waals surface area contributed by atoms with E-state index < -0.39 is 0 Å². The normalized spacial score (nSPS) is 29.3. The van der Waals surface area contributed by atoms with Gasteiger partial charge in [-0.15, -0.1) is 0 Å². The minimum atomic E-state index is -0.308. The van der Waals surface area contributed by atoms with Crippen LogP contribution < -0.4 is 5.73 Å². The molecule has 2 N–H and O–H groups in total. The molecule has 0 aliphatic heterocycles. The molecule has 2 unspecified atom stereocenters. The topological polar surface area (TPSA) is 26.0 Å². The first-order valence-corrected chi connectivity index (χ1v) is 6.60. The third-order valence-corrected chi connectivity index (χ3v) is 3.99. The molecule has 1 saturated carbocycles. The number of halogens is 2. The first-order chi connectivity index (χ1) is 8.00. The lowest BCUT2D eigenvalue weighted by Gasteiger charge is -2.37. The molecule has 0 amide bonds. The lowest BCUT2D eigenvalue weighted by molar-refractivity contribution is 0.233. The van der Waals surface area contributed by atoms with Gasteiger partial charge in [-0.3, -0.25) is 0 Å². The van der Waals surface area contributed by atoms with Crippen molar-refractivity contribution in [2.24, 2.45) is 11.7 Å². The fourth-order valence-corrected chi connectivity index (χ4v) is 3.12. The largest absolute Gasteiger partial charge is 0.325 e. The Labute approximate surface area is 107 Å². The van der Waals surface area contributed by atoms with Gasteiger partial charge in [0.1, 0.15) is 5.82 Å². The number of hydrogen-bond acceptors (Lipinski definition) is 1. The zero-order valence-corrected chi connectivity index (χ0v) is 10.9. The standard InChI is InChI=1S/C14H19ClFN/c1-10-4-3-7-14(17,8-10)9-11-5-2-6-12(15)13(11)16/h2,5-6,10H,3-4,7-9,17H2,1H3. The summed E-state index contributed by atoms with van der Waals surface area (Å²) >= 11 is 5.79. The van der Waals surface area contributed by atoms with Gasteiger partial charge in [-0.1, -0.05) is 43.5 Å². The highest BCUT2D eigenvalue weighted by Gasteiger charge is 2.31. The van der Waals surface area contributed by atoms with Gasteiger partial charge in [0.25, 0.3) is 0 Å². The summed E-state index contributed by atoms with van der Waals surface area (Å²) in [4.78, 5) is 0. The lowest BCUT2D eigenvalue weighted by atomic mass is 9.74. The van der Waals surface area contributed by atoms with Crippen LogP contribution in [0, 0.1) is 11.7 Å². The van der Waals surface area contributed by atoms with Crippen LogP contribution in [-0.4, -0.2) is 5.54 Å². The van der Waals surface area contributed by atoms with Crippen LogP contribution in [0.3, 0.4) is 0 Å². The molecule has 0 aromatic heterocycles. The summed E-state index contributed by atoms with van der Waals surface area (Å²) in [6.45, 7) is 2.22. The first-order valence-electron chi connectivity index (χ1n) is 6.22. The highest BCUT2D eigenvalue weighted by molar-refractivity contribution is 6.30. The maximum Gasteiger partial charge on any atom is 0.145 e. The smallest absolute Gasteiger partial charge is 0.145 e. The molecule has 2 atom stereocenters. The van der Waals surface area contributed by atoms with Crippen molar-refractivity contribution in [1.82, 2.24) is 0 Å². The molecule has 1 aliphatic rings. The Morgan fingerprint density at radius 3 is 3.00 bits per heavy atom. The minimum absolute atomic E-state index is 0.190. The van der Waals surface area contributed by atoms with Gasteiger partial charge in [0.15, 0.2) is 0 Å². The van der Waals surface area contributed by atoms with Gasteiger partial charge in [0.2, 0.25) is 0 Å². The fourth-order valence-electron chi connectivity index (χ4n) is 2.93. The monoisotopic (exact) mass is 255 g/mol. The van der Waals surface area contributed by atoms with Gasteiger partial charge >= 0.3 is 0 Å². The number of benzene rings is 1.